The molecule has 12 nitrogen and oxygen atoms in total. The molecule has 0 radical (unpaired) electrons. The third-order valence-corrected chi connectivity index (χ3v) is 9.71. The first-order valence-electron chi connectivity index (χ1n) is 18.7. The van der Waals surface area contributed by atoms with E-state index >= 15 is 0 Å². The summed E-state index contributed by atoms with van der Waals surface area (Å²) in [5, 5.41) is 11.0. The number of carbonyl (C=O) groups excluding carboxylic acids is 3. The van der Waals surface area contributed by atoms with Gasteiger partial charge in [-0.15, -0.1) is 5.10 Å². The van der Waals surface area contributed by atoms with E-state index in [1.165, 1.54) is 53.8 Å². The van der Waals surface area contributed by atoms with Crippen molar-refractivity contribution in [3.8, 4) is 5.75 Å². The quantitative estimate of drug-likeness (QED) is 0.116. The van der Waals surface area contributed by atoms with Crippen LogP contribution >= 0.6 is 0 Å². The van der Waals surface area contributed by atoms with Crippen molar-refractivity contribution >= 4 is 17.8 Å². The SMILES string of the molecule is CCCCCCCCn1cc(CCCCCCCC(=O)Oc2c3n(cc(C(=O)NCc4ccc(F)cc4F)c2=O)C[C@@H]2OCC[C@@H](C)N2C3=O)nn1. The van der Waals surface area contributed by atoms with Crippen LogP contribution in [0, 0.1) is 11.6 Å². The molecule has 282 valence electrons. The first-order valence-corrected chi connectivity index (χ1v) is 18.7. The van der Waals surface area contributed by atoms with Crippen molar-refractivity contribution in [2.75, 3.05) is 6.61 Å². The highest BCUT2D eigenvalue weighted by molar-refractivity contribution is 6.00. The average Bonchev–Trinajstić information content (AvgIpc) is 3.57. The topological polar surface area (TPSA) is 138 Å². The third kappa shape index (κ3) is 10.1. The molecule has 1 fully saturated rings. The van der Waals surface area contributed by atoms with E-state index in [1.54, 1.807) is 0 Å². The molecule has 14 heteroatoms. The Morgan fingerprint density at radius 2 is 1.75 bits per heavy atom. The molecule has 0 spiro atoms. The van der Waals surface area contributed by atoms with E-state index in [2.05, 4.69) is 22.6 Å². The molecular weight excluding hydrogens is 674 g/mol. The number of halogens is 2. The highest BCUT2D eigenvalue weighted by Gasteiger charge is 2.42. The second-order valence-electron chi connectivity index (χ2n) is 13.8. The molecule has 1 saturated heterocycles. The van der Waals surface area contributed by atoms with E-state index in [0.29, 0.717) is 25.5 Å². The smallest absolute Gasteiger partial charge is 0.311 e. The zero-order chi connectivity index (χ0) is 37.0. The van der Waals surface area contributed by atoms with Crippen LogP contribution in [0.1, 0.15) is 129 Å². The van der Waals surface area contributed by atoms with Crippen LogP contribution in [0.2, 0.25) is 0 Å². The minimum absolute atomic E-state index is 0.0152. The van der Waals surface area contributed by atoms with Gasteiger partial charge >= 0.3 is 5.97 Å². The van der Waals surface area contributed by atoms with Crippen LogP contribution in [-0.4, -0.2) is 61.1 Å². The zero-order valence-corrected chi connectivity index (χ0v) is 30.2. The number of hydrogen-bond acceptors (Lipinski definition) is 8. The minimum atomic E-state index is -0.932. The van der Waals surface area contributed by atoms with Crippen LogP contribution in [0.25, 0.3) is 0 Å². The Labute approximate surface area is 302 Å². The van der Waals surface area contributed by atoms with Crippen molar-refractivity contribution in [3.63, 3.8) is 0 Å². The summed E-state index contributed by atoms with van der Waals surface area (Å²) in [5.41, 5.74) is -0.452. The Bertz CT molecular complexity index is 1760. The lowest BCUT2D eigenvalue weighted by atomic mass is 10.1. The summed E-state index contributed by atoms with van der Waals surface area (Å²) >= 11 is 0. The second kappa shape index (κ2) is 18.9. The van der Waals surface area contributed by atoms with Gasteiger partial charge in [0.1, 0.15) is 17.2 Å². The summed E-state index contributed by atoms with van der Waals surface area (Å²) in [6, 6.07) is 2.77. The summed E-state index contributed by atoms with van der Waals surface area (Å²) in [6.07, 6.45) is 15.6. The molecule has 0 saturated carbocycles. The summed E-state index contributed by atoms with van der Waals surface area (Å²) in [6.45, 7) is 5.21. The predicted molar refractivity (Wildman–Crippen MR) is 189 cm³/mol. The molecule has 1 N–H and O–H groups in total. The number of unbranched alkanes of at least 4 members (excludes halogenated alkanes) is 9. The molecule has 1 aromatic carbocycles. The Morgan fingerprint density at radius 3 is 2.54 bits per heavy atom. The van der Waals surface area contributed by atoms with Gasteiger partial charge in [0.2, 0.25) is 11.2 Å². The first-order chi connectivity index (χ1) is 25.2. The van der Waals surface area contributed by atoms with Crippen LogP contribution in [0.3, 0.4) is 0 Å². The molecule has 3 aromatic rings. The molecule has 4 heterocycles. The minimum Gasteiger partial charge on any atom is -0.420 e. The number of hydrogen-bond donors (Lipinski definition) is 1. The average molecular weight is 725 g/mol. The summed E-state index contributed by atoms with van der Waals surface area (Å²) in [4.78, 5) is 55.3. The highest BCUT2D eigenvalue weighted by atomic mass is 19.1. The summed E-state index contributed by atoms with van der Waals surface area (Å²) in [7, 11) is 0. The van der Waals surface area contributed by atoms with Gasteiger partial charge in [0, 0.05) is 49.6 Å². The zero-order valence-electron chi connectivity index (χ0n) is 30.2. The lowest BCUT2D eigenvalue weighted by molar-refractivity contribution is -0.134. The second-order valence-corrected chi connectivity index (χ2v) is 13.8. The maximum atomic E-state index is 14.2. The normalized spacial score (nSPS) is 16.8. The number of aryl methyl sites for hydroxylation is 2. The van der Waals surface area contributed by atoms with Gasteiger partial charge in [-0.3, -0.25) is 23.9 Å². The molecule has 2 amide bonds. The van der Waals surface area contributed by atoms with E-state index in [0.717, 1.165) is 56.8 Å². The fraction of sp³-hybridized carbons (Fsp3) is 0.579. The maximum absolute atomic E-state index is 14.2. The molecular formula is C38H50F2N6O6. The maximum Gasteiger partial charge on any atom is 0.311 e. The van der Waals surface area contributed by atoms with Gasteiger partial charge < -0.3 is 24.3 Å². The fourth-order valence-corrected chi connectivity index (χ4v) is 6.72. The number of carbonyl (C=O) groups is 3. The van der Waals surface area contributed by atoms with Crippen LogP contribution in [0.4, 0.5) is 8.78 Å². The van der Waals surface area contributed by atoms with E-state index in [-0.39, 0.29) is 42.4 Å². The fourth-order valence-electron chi connectivity index (χ4n) is 6.72. The first kappa shape index (κ1) is 38.8. The van der Waals surface area contributed by atoms with Gasteiger partial charge in [-0.1, -0.05) is 69.6 Å². The molecule has 2 aromatic heterocycles. The van der Waals surface area contributed by atoms with Gasteiger partial charge in [0.15, 0.2) is 11.9 Å². The van der Waals surface area contributed by atoms with E-state index in [1.807, 2.05) is 17.8 Å². The molecule has 2 atom stereocenters. The Balaban J connectivity index is 1.15. The lowest BCUT2D eigenvalue weighted by Gasteiger charge is -2.44. The van der Waals surface area contributed by atoms with E-state index < -0.39 is 46.8 Å². The van der Waals surface area contributed by atoms with Gasteiger partial charge in [0.25, 0.3) is 11.8 Å². The summed E-state index contributed by atoms with van der Waals surface area (Å²) in [5.74, 6) is -4.22. The van der Waals surface area contributed by atoms with Gasteiger partial charge in [-0.25, -0.2) is 8.78 Å². The summed E-state index contributed by atoms with van der Waals surface area (Å²) < 4.78 is 42.3. The van der Waals surface area contributed by atoms with Gasteiger partial charge in [-0.05, 0) is 45.1 Å². The van der Waals surface area contributed by atoms with Gasteiger partial charge in [0.05, 0.1) is 18.8 Å². The van der Waals surface area contributed by atoms with E-state index in [4.69, 9.17) is 9.47 Å². The highest BCUT2D eigenvalue weighted by Crippen LogP contribution is 2.30. The molecule has 0 bridgehead atoms. The molecule has 0 aliphatic carbocycles. The number of ether oxygens (including phenoxy) is 2. The molecule has 5 rings (SSSR count). The van der Waals surface area contributed by atoms with Crippen molar-refractivity contribution in [2.45, 2.75) is 136 Å². The number of nitrogens with zero attached hydrogens (tertiary/aromatic N) is 5. The standard InChI is InChI=1S/C38H50F2N6O6/c1-3-4-5-6-10-13-19-45-23-29(42-43-45)14-11-8-7-9-12-15-33(47)52-36-34-38(50)46-26(2)18-20-51-32(46)25-44(34)24-30(35(36)48)37(49)41-22-27-16-17-28(39)21-31(27)40/h16-17,21,23-24,26,32H,3-15,18-20,22,25H2,1-2H3,(H,41,49)/t26-,32+/m1/s1. The molecule has 52 heavy (non-hydrogen) atoms. The molecule has 0 unspecified atom stereocenters. The Morgan fingerprint density at radius 1 is 1.00 bits per heavy atom. The number of fused-ring (bicyclic) bond motifs is 2. The Kier molecular flexibility index (Phi) is 14.1. The van der Waals surface area contributed by atoms with Crippen LogP contribution in [0.15, 0.2) is 35.4 Å². The van der Waals surface area contributed by atoms with Crippen molar-refractivity contribution in [2.24, 2.45) is 0 Å². The number of aromatic nitrogens is 4. The largest absolute Gasteiger partial charge is 0.420 e. The number of benzene rings is 1. The molecule has 2 aliphatic heterocycles. The van der Waals surface area contributed by atoms with Crippen LogP contribution in [0.5, 0.6) is 5.75 Å². The van der Waals surface area contributed by atoms with Crippen molar-refractivity contribution in [1.82, 2.24) is 29.8 Å². The van der Waals surface area contributed by atoms with Crippen molar-refractivity contribution in [1.29, 1.82) is 0 Å². The third-order valence-electron chi connectivity index (χ3n) is 9.71. The van der Waals surface area contributed by atoms with E-state index in [9.17, 15) is 28.0 Å². The number of esters is 1. The Hall–Kier alpha value is -4.46. The number of pyridine rings is 1. The van der Waals surface area contributed by atoms with Crippen molar-refractivity contribution in [3.05, 3.63) is 75.0 Å². The monoisotopic (exact) mass is 724 g/mol. The number of nitrogens with one attached hydrogen (secondary N) is 1. The predicted octanol–water partition coefficient (Wildman–Crippen LogP) is 6.09. The number of amides is 2. The lowest BCUT2D eigenvalue weighted by Crippen LogP contribution is -2.57. The molecule has 2 aliphatic rings. The van der Waals surface area contributed by atoms with Crippen LogP contribution < -0.4 is 15.5 Å². The van der Waals surface area contributed by atoms with Crippen molar-refractivity contribution < 1.29 is 32.6 Å². The van der Waals surface area contributed by atoms with Crippen LogP contribution in [-0.2, 0) is 35.6 Å². The van der Waals surface area contributed by atoms with Gasteiger partial charge in [-0.2, -0.15) is 0 Å². The number of rotatable bonds is 19.